The zero-order valence-corrected chi connectivity index (χ0v) is 15.1. The summed E-state index contributed by atoms with van der Waals surface area (Å²) in [6.45, 7) is 0.437. The van der Waals surface area contributed by atoms with Crippen LogP contribution in [-0.4, -0.2) is 14.1 Å². The minimum absolute atomic E-state index is 0.200. The second-order valence-electron chi connectivity index (χ2n) is 6.21. The van der Waals surface area contributed by atoms with Crippen molar-refractivity contribution in [3.8, 4) is 0 Å². The van der Waals surface area contributed by atoms with E-state index in [-0.39, 0.29) is 18.6 Å². The fraction of sp³-hybridized carbons (Fsp3) is 0.0952. The number of aromatic nitrogens is 3. The Morgan fingerprint density at radius 1 is 0.815 bits per heavy atom. The minimum Gasteiger partial charge on any atom is -0.273 e. The molecule has 0 spiro atoms. The van der Waals surface area contributed by atoms with E-state index in [1.807, 2.05) is 48.5 Å². The molecule has 0 unspecified atom stereocenters. The zero-order valence-electron chi connectivity index (χ0n) is 14.4. The second kappa shape index (κ2) is 7.21. The van der Waals surface area contributed by atoms with Crippen molar-refractivity contribution in [2.24, 2.45) is 0 Å². The first kappa shape index (κ1) is 17.2. The molecule has 0 atom stereocenters. The van der Waals surface area contributed by atoms with Crippen LogP contribution in [0.3, 0.4) is 0 Å². The van der Waals surface area contributed by atoms with Crippen molar-refractivity contribution in [2.45, 2.75) is 13.1 Å². The summed E-state index contributed by atoms with van der Waals surface area (Å²) < 4.78 is 2.75. The highest BCUT2D eigenvalue weighted by Crippen LogP contribution is 2.17. The number of benzene rings is 2. The average molecular weight is 378 g/mol. The third-order valence-corrected chi connectivity index (χ3v) is 4.82. The minimum atomic E-state index is -0.407. The number of rotatable bonds is 4. The average Bonchev–Trinajstić information content (AvgIpc) is 2.70. The number of hydrogen-bond acceptors (Lipinski definition) is 3. The Kier molecular flexibility index (Phi) is 4.60. The van der Waals surface area contributed by atoms with Gasteiger partial charge >= 0.3 is 5.69 Å². The largest absolute Gasteiger partial charge is 0.333 e. The molecule has 0 N–H and O–H groups in total. The van der Waals surface area contributed by atoms with Crippen molar-refractivity contribution in [2.75, 3.05) is 0 Å². The predicted molar refractivity (Wildman–Crippen MR) is 106 cm³/mol. The third kappa shape index (κ3) is 3.29. The normalized spacial score (nSPS) is 11.0. The molecule has 2 aromatic heterocycles. The molecule has 0 radical (unpaired) electrons. The van der Waals surface area contributed by atoms with Gasteiger partial charge in [-0.1, -0.05) is 60.1 Å². The molecule has 0 aliphatic heterocycles. The fourth-order valence-electron chi connectivity index (χ4n) is 3.09. The summed E-state index contributed by atoms with van der Waals surface area (Å²) in [4.78, 5) is 30.4. The standard InChI is InChI=1S/C21H16ClN3O2/c22-18-11-5-4-9-16(18)14-24-19-17(10-6-12-23-19)20(26)25(21(24)27)13-15-7-2-1-3-8-15/h1-12H,13-14H2. The summed E-state index contributed by atoms with van der Waals surface area (Å²) in [5.41, 5.74) is 1.27. The smallest absolute Gasteiger partial charge is 0.273 e. The number of pyridine rings is 1. The maximum absolute atomic E-state index is 13.2. The summed E-state index contributed by atoms with van der Waals surface area (Å²) in [5, 5.41) is 0.967. The Morgan fingerprint density at radius 3 is 2.33 bits per heavy atom. The second-order valence-corrected chi connectivity index (χ2v) is 6.62. The molecular formula is C21H16ClN3O2. The number of fused-ring (bicyclic) bond motifs is 1. The Labute approximate surface area is 160 Å². The molecular weight excluding hydrogens is 362 g/mol. The summed E-state index contributed by atoms with van der Waals surface area (Å²) in [7, 11) is 0. The lowest BCUT2D eigenvalue weighted by Gasteiger charge is -2.14. The van der Waals surface area contributed by atoms with Crippen molar-refractivity contribution in [3.05, 3.63) is 110 Å². The van der Waals surface area contributed by atoms with Crippen LogP contribution in [0.15, 0.2) is 82.5 Å². The summed E-state index contributed by atoms with van der Waals surface area (Å²) in [6.07, 6.45) is 1.58. The van der Waals surface area contributed by atoms with Crippen LogP contribution in [0.5, 0.6) is 0 Å². The highest BCUT2D eigenvalue weighted by molar-refractivity contribution is 6.31. The molecule has 2 aromatic carbocycles. The molecule has 4 aromatic rings. The van der Waals surface area contributed by atoms with Gasteiger partial charge in [0.15, 0.2) is 0 Å². The van der Waals surface area contributed by atoms with Crippen molar-refractivity contribution >= 4 is 22.6 Å². The van der Waals surface area contributed by atoms with Crippen molar-refractivity contribution in [1.29, 1.82) is 0 Å². The van der Waals surface area contributed by atoms with E-state index >= 15 is 0 Å². The first-order chi connectivity index (χ1) is 13.1. The summed E-state index contributed by atoms with van der Waals surface area (Å²) >= 11 is 6.27. The van der Waals surface area contributed by atoms with Gasteiger partial charge in [0.25, 0.3) is 5.56 Å². The van der Waals surface area contributed by atoms with Gasteiger partial charge in [0.1, 0.15) is 5.65 Å². The highest BCUT2D eigenvalue weighted by atomic mass is 35.5. The first-order valence-corrected chi connectivity index (χ1v) is 8.88. The van der Waals surface area contributed by atoms with E-state index in [4.69, 9.17) is 11.6 Å². The van der Waals surface area contributed by atoms with E-state index < -0.39 is 5.69 Å². The number of nitrogens with zero attached hydrogens (tertiary/aromatic N) is 3. The van der Waals surface area contributed by atoms with E-state index in [9.17, 15) is 9.59 Å². The Bertz CT molecular complexity index is 1230. The summed E-state index contributed by atoms with van der Waals surface area (Å²) in [6, 6.07) is 20.1. The highest BCUT2D eigenvalue weighted by Gasteiger charge is 2.15. The van der Waals surface area contributed by atoms with Gasteiger partial charge < -0.3 is 0 Å². The van der Waals surface area contributed by atoms with E-state index in [0.717, 1.165) is 11.1 Å². The maximum Gasteiger partial charge on any atom is 0.333 e. The van der Waals surface area contributed by atoms with Gasteiger partial charge in [0, 0.05) is 11.2 Å². The number of hydrogen-bond donors (Lipinski definition) is 0. The molecule has 5 nitrogen and oxygen atoms in total. The molecule has 0 aliphatic rings. The quantitative estimate of drug-likeness (QED) is 0.548. The molecule has 2 heterocycles. The lowest BCUT2D eigenvalue weighted by molar-refractivity contribution is 0.631. The summed E-state index contributed by atoms with van der Waals surface area (Å²) in [5.74, 6) is 0. The van der Waals surface area contributed by atoms with Crippen LogP contribution in [-0.2, 0) is 13.1 Å². The third-order valence-electron chi connectivity index (χ3n) is 4.45. The van der Waals surface area contributed by atoms with Crippen LogP contribution in [0.25, 0.3) is 11.0 Å². The lowest BCUT2D eigenvalue weighted by Crippen LogP contribution is -2.40. The topological polar surface area (TPSA) is 56.9 Å². The van der Waals surface area contributed by atoms with Gasteiger partial charge in [0.05, 0.1) is 18.5 Å². The van der Waals surface area contributed by atoms with Crippen LogP contribution < -0.4 is 11.2 Å². The van der Waals surface area contributed by atoms with Gasteiger partial charge in [-0.15, -0.1) is 0 Å². The monoisotopic (exact) mass is 377 g/mol. The number of halogens is 1. The van der Waals surface area contributed by atoms with E-state index in [0.29, 0.717) is 16.1 Å². The van der Waals surface area contributed by atoms with Crippen molar-refractivity contribution in [1.82, 2.24) is 14.1 Å². The van der Waals surface area contributed by atoms with Gasteiger partial charge in [-0.05, 0) is 29.3 Å². The van der Waals surface area contributed by atoms with Crippen LogP contribution in [0.1, 0.15) is 11.1 Å². The van der Waals surface area contributed by atoms with Crippen LogP contribution >= 0.6 is 11.6 Å². The molecule has 27 heavy (non-hydrogen) atoms. The van der Waals surface area contributed by atoms with Gasteiger partial charge in [-0.25, -0.2) is 9.78 Å². The fourth-order valence-corrected chi connectivity index (χ4v) is 3.29. The Hall–Kier alpha value is -3.18. The van der Waals surface area contributed by atoms with Crippen LogP contribution in [0.4, 0.5) is 0 Å². The van der Waals surface area contributed by atoms with Crippen molar-refractivity contribution < 1.29 is 0 Å². The van der Waals surface area contributed by atoms with Gasteiger partial charge in [-0.3, -0.25) is 13.9 Å². The molecule has 0 amide bonds. The predicted octanol–water partition coefficient (Wildman–Crippen LogP) is 3.31. The lowest BCUT2D eigenvalue weighted by atomic mass is 10.2. The van der Waals surface area contributed by atoms with E-state index in [1.165, 1.54) is 9.13 Å². The SMILES string of the molecule is O=c1c2cccnc2n(Cc2ccccc2Cl)c(=O)n1Cc1ccccc1. The van der Waals surface area contributed by atoms with E-state index in [2.05, 4.69) is 4.98 Å². The zero-order chi connectivity index (χ0) is 18.8. The van der Waals surface area contributed by atoms with E-state index in [1.54, 1.807) is 24.4 Å². The molecule has 4 rings (SSSR count). The van der Waals surface area contributed by atoms with Gasteiger partial charge in [-0.2, -0.15) is 0 Å². The van der Waals surface area contributed by atoms with Crippen LogP contribution in [0, 0.1) is 0 Å². The molecule has 0 fully saturated rings. The van der Waals surface area contributed by atoms with Crippen LogP contribution in [0.2, 0.25) is 5.02 Å². The molecule has 134 valence electrons. The maximum atomic E-state index is 13.2. The molecule has 0 bridgehead atoms. The first-order valence-electron chi connectivity index (χ1n) is 8.51. The Balaban J connectivity index is 1.93. The van der Waals surface area contributed by atoms with Crippen molar-refractivity contribution in [3.63, 3.8) is 0 Å². The Morgan fingerprint density at radius 2 is 1.56 bits per heavy atom. The van der Waals surface area contributed by atoms with Gasteiger partial charge in [0.2, 0.25) is 0 Å². The molecule has 0 saturated heterocycles. The molecule has 0 aliphatic carbocycles. The molecule has 0 saturated carbocycles. The molecule has 6 heteroatoms.